The maximum absolute atomic E-state index is 12.7. The molecule has 1 aromatic carbocycles. The maximum atomic E-state index is 12.7. The molecular formula is C11H11F6N3O. The second-order valence-electron chi connectivity index (χ2n) is 4.02. The summed E-state index contributed by atoms with van der Waals surface area (Å²) in [7, 11) is 0. The van der Waals surface area contributed by atoms with Gasteiger partial charge in [-0.1, -0.05) is 0 Å². The molecular weight excluding hydrogens is 304 g/mol. The van der Waals surface area contributed by atoms with Crippen LogP contribution in [0.5, 0.6) is 0 Å². The standard InChI is InChI=1S/C11H11F6N3O/c12-10(13,14)3-4-19-9(21)6-1-2-8(20-18)7(5-6)11(15,16)17/h1-2,5,20H,3-4,18H2,(H,19,21). The van der Waals surface area contributed by atoms with Crippen LogP contribution in [-0.2, 0) is 6.18 Å². The van der Waals surface area contributed by atoms with E-state index in [4.69, 9.17) is 5.84 Å². The van der Waals surface area contributed by atoms with E-state index >= 15 is 0 Å². The molecule has 0 aliphatic rings. The third-order valence-electron chi connectivity index (χ3n) is 2.44. The Morgan fingerprint density at radius 2 is 1.76 bits per heavy atom. The van der Waals surface area contributed by atoms with E-state index < -0.39 is 48.0 Å². The van der Waals surface area contributed by atoms with Crippen molar-refractivity contribution in [3.8, 4) is 0 Å². The number of nitrogen functional groups attached to an aromatic ring is 1. The summed E-state index contributed by atoms with van der Waals surface area (Å²) in [6, 6.07) is 2.45. The number of alkyl halides is 6. The van der Waals surface area contributed by atoms with E-state index in [2.05, 4.69) is 0 Å². The van der Waals surface area contributed by atoms with Crippen LogP contribution in [0.2, 0.25) is 0 Å². The zero-order valence-corrected chi connectivity index (χ0v) is 10.4. The van der Waals surface area contributed by atoms with Crippen LogP contribution in [0.1, 0.15) is 22.3 Å². The van der Waals surface area contributed by atoms with Crippen LogP contribution in [0, 0.1) is 0 Å². The third-order valence-corrected chi connectivity index (χ3v) is 2.44. The van der Waals surface area contributed by atoms with Gasteiger partial charge in [0.2, 0.25) is 0 Å². The van der Waals surface area contributed by atoms with E-state index in [1.807, 2.05) is 10.7 Å². The molecule has 0 atom stereocenters. The minimum atomic E-state index is -4.76. The molecule has 0 unspecified atom stereocenters. The third kappa shape index (κ3) is 5.14. The van der Waals surface area contributed by atoms with Crippen molar-refractivity contribution >= 4 is 11.6 Å². The second-order valence-corrected chi connectivity index (χ2v) is 4.02. The SMILES string of the molecule is NNc1ccc(C(=O)NCCC(F)(F)F)cc1C(F)(F)F. The quantitative estimate of drug-likeness (QED) is 0.455. The smallest absolute Gasteiger partial charge is 0.352 e. The van der Waals surface area contributed by atoms with E-state index in [1.54, 1.807) is 0 Å². The zero-order chi connectivity index (χ0) is 16.3. The number of carbonyl (C=O) groups is 1. The molecule has 0 heterocycles. The van der Waals surface area contributed by atoms with Crippen molar-refractivity contribution in [3.05, 3.63) is 29.3 Å². The van der Waals surface area contributed by atoms with Crippen molar-refractivity contribution in [1.82, 2.24) is 5.32 Å². The number of nitrogens with two attached hydrogens (primary N) is 1. The molecule has 21 heavy (non-hydrogen) atoms. The Morgan fingerprint density at radius 3 is 2.24 bits per heavy atom. The normalized spacial score (nSPS) is 12.1. The number of rotatable bonds is 4. The first-order valence-corrected chi connectivity index (χ1v) is 5.57. The number of nitrogens with one attached hydrogen (secondary N) is 2. The van der Waals surface area contributed by atoms with Crippen LogP contribution in [0.3, 0.4) is 0 Å². The van der Waals surface area contributed by atoms with Crippen molar-refractivity contribution in [1.29, 1.82) is 0 Å². The van der Waals surface area contributed by atoms with Gasteiger partial charge in [-0.15, -0.1) is 0 Å². The number of anilines is 1. The summed E-state index contributed by atoms with van der Waals surface area (Å²) in [5.74, 6) is 3.89. The van der Waals surface area contributed by atoms with Crippen LogP contribution >= 0.6 is 0 Å². The molecule has 10 heteroatoms. The predicted molar refractivity (Wildman–Crippen MR) is 62.3 cm³/mol. The number of halogens is 6. The monoisotopic (exact) mass is 315 g/mol. The summed E-state index contributed by atoms with van der Waals surface area (Å²) >= 11 is 0. The van der Waals surface area contributed by atoms with E-state index in [0.29, 0.717) is 6.07 Å². The Hall–Kier alpha value is -1.97. The second kappa shape index (κ2) is 6.20. The number of benzene rings is 1. The molecule has 0 aliphatic heterocycles. The van der Waals surface area contributed by atoms with Crippen molar-refractivity contribution in [3.63, 3.8) is 0 Å². The number of hydrazine groups is 1. The van der Waals surface area contributed by atoms with Crippen molar-refractivity contribution in [2.45, 2.75) is 18.8 Å². The lowest BCUT2D eigenvalue weighted by atomic mass is 10.1. The van der Waals surface area contributed by atoms with Gasteiger partial charge >= 0.3 is 12.4 Å². The lowest BCUT2D eigenvalue weighted by Crippen LogP contribution is -2.28. The molecule has 0 saturated carbocycles. The van der Waals surface area contributed by atoms with Gasteiger partial charge in [-0.05, 0) is 18.2 Å². The topological polar surface area (TPSA) is 67.1 Å². The Bertz CT molecular complexity index is 512. The molecule has 1 rings (SSSR count). The molecule has 1 aromatic rings. The fraction of sp³-hybridized carbons (Fsp3) is 0.364. The van der Waals surface area contributed by atoms with Gasteiger partial charge in [-0.2, -0.15) is 26.3 Å². The molecule has 0 spiro atoms. The van der Waals surface area contributed by atoms with Crippen molar-refractivity contribution in [2.75, 3.05) is 12.0 Å². The minimum absolute atomic E-state index is 0.413. The van der Waals surface area contributed by atoms with Gasteiger partial charge in [0, 0.05) is 12.1 Å². The first-order chi connectivity index (χ1) is 9.54. The molecule has 4 nitrogen and oxygen atoms in total. The van der Waals surface area contributed by atoms with Crippen molar-refractivity contribution < 1.29 is 31.1 Å². The summed E-state index contributed by atoms with van der Waals surface area (Å²) < 4.78 is 73.8. The van der Waals surface area contributed by atoms with Gasteiger partial charge in [0.05, 0.1) is 17.7 Å². The fourth-order valence-electron chi connectivity index (χ4n) is 1.47. The molecule has 0 bridgehead atoms. The summed E-state index contributed by atoms with van der Waals surface area (Å²) in [6.45, 7) is -0.722. The van der Waals surface area contributed by atoms with E-state index in [-0.39, 0.29) is 0 Å². The molecule has 1 amide bonds. The highest BCUT2D eigenvalue weighted by Gasteiger charge is 2.34. The number of hydrogen-bond acceptors (Lipinski definition) is 3. The lowest BCUT2D eigenvalue weighted by Gasteiger charge is -2.14. The van der Waals surface area contributed by atoms with E-state index in [1.165, 1.54) is 0 Å². The predicted octanol–water partition coefficient (Wildman–Crippen LogP) is 2.67. The lowest BCUT2D eigenvalue weighted by molar-refractivity contribution is -0.137. The molecule has 0 radical (unpaired) electrons. The van der Waals surface area contributed by atoms with Crippen LogP contribution in [0.15, 0.2) is 18.2 Å². The highest BCUT2D eigenvalue weighted by atomic mass is 19.4. The zero-order valence-electron chi connectivity index (χ0n) is 10.4. The van der Waals surface area contributed by atoms with Gasteiger partial charge in [0.25, 0.3) is 5.91 Å². The van der Waals surface area contributed by atoms with Crippen LogP contribution in [0.4, 0.5) is 32.0 Å². The van der Waals surface area contributed by atoms with E-state index in [9.17, 15) is 31.1 Å². The van der Waals surface area contributed by atoms with Gasteiger partial charge < -0.3 is 10.7 Å². The van der Waals surface area contributed by atoms with Crippen molar-refractivity contribution in [2.24, 2.45) is 5.84 Å². The Balaban J connectivity index is 2.86. The molecule has 0 saturated heterocycles. The average Bonchev–Trinajstić information content (AvgIpc) is 2.35. The summed E-state index contributed by atoms with van der Waals surface area (Å²) in [6.07, 6.45) is -10.5. The first kappa shape index (κ1) is 17.1. The average molecular weight is 315 g/mol. The minimum Gasteiger partial charge on any atom is -0.352 e. The highest BCUT2D eigenvalue weighted by molar-refractivity contribution is 5.94. The number of hydrogen-bond donors (Lipinski definition) is 3. The number of amides is 1. The highest BCUT2D eigenvalue weighted by Crippen LogP contribution is 2.35. The van der Waals surface area contributed by atoms with Gasteiger partial charge in [-0.25, -0.2) is 0 Å². The Morgan fingerprint density at radius 1 is 1.14 bits per heavy atom. The molecule has 0 aliphatic carbocycles. The Labute approximate surface area is 115 Å². The van der Waals surface area contributed by atoms with Crippen LogP contribution in [-0.4, -0.2) is 18.6 Å². The first-order valence-electron chi connectivity index (χ1n) is 5.57. The molecule has 118 valence electrons. The molecule has 4 N–H and O–H groups in total. The van der Waals surface area contributed by atoms with Gasteiger partial charge in [-0.3, -0.25) is 10.6 Å². The van der Waals surface area contributed by atoms with Gasteiger partial charge in [0.1, 0.15) is 0 Å². The summed E-state index contributed by atoms with van der Waals surface area (Å²) in [4.78, 5) is 11.5. The fourth-order valence-corrected chi connectivity index (χ4v) is 1.47. The molecule has 0 aromatic heterocycles. The Kier molecular flexibility index (Phi) is 5.05. The van der Waals surface area contributed by atoms with Crippen LogP contribution in [0.25, 0.3) is 0 Å². The summed E-state index contributed by atoms with van der Waals surface area (Å²) in [5.41, 5.74) is -0.219. The van der Waals surface area contributed by atoms with Crippen LogP contribution < -0.4 is 16.6 Å². The number of carbonyl (C=O) groups excluding carboxylic acids is 1. The molecule has 0 fully saturated rings. The summed E-state index contributed by atoms with van der Waals surface area (Å²) in [5, 5.41) is 1.89. The maximum Gasteiger partial charge on any atom is 0.418 e. The largest absolute Gasteiger partial charge is 0.418 e. The van der Waals surface area contributed by atoms with E-state index in [0.717, 1.165) is 12.1 Å². The van der Waals surface area contributed by atoms with Gasteiger partial charge in [0.15, 0.2) is 0 Å².